The Labute approximate surface area is 134 Å². The Morgan fingerprint density at radius 1 is 1.18 bits per heavy atom. The summed E-state index contributed by atoms with van der Waals surface area (Å²) < 4.78 is 0. The van der Waals surface area contributed by atoms with Crippen LogP contribution in [0.2, 0.25) is 0 Å². The Balaban J connectivity index is 1.73. The highest BCUT2D eigenvalue weighted by atomic mass is 15.2. The predicted molar refractivity (Wildman–Crippen MR) is 93.0 cm³/mol. The maximum absolute atomic E-state index is 7.84. The van der Waals surface area contributed by atoms with Crippen LogP contribution < -0.4 is 5.73 Å². The van der Waals surface area contributed by atoms with Crippen molar-refractivity contribution in [1.29, 1.82) is 5.41 Å². The highest BCUT2D eigenvalue weighted by Crippen LogP contribution is 2.20. The van der Waals surface area contributed by atoms with Gasteiger partial charge in [0.15, 0.2) is 5.96 Å². The van der Waals surface area contributed by atoms with Crippen molar-refractivity contribution in [2.24, 2.45) is 5.73 Å². The van der Waals surface area contributed by atoms with Crippen LogP contribution in [0.4, 0.5) is 0 Å². The van der Waals surface area contributed by atoms with Crippen LogP contribution in [0, 0.1) is 5.41 Å². The molecule has 1 heterocycles. The molecule has 1 saturated heterocycles. The molecule has 122 valence electrons. The van der Waals surface area contributed by atoms with Crippen LogP contribution >= 0.6 is 0 Å². The van der Waals surface area contributed by atoms with Crippen LogP contribution in [0.5, 0.6) is 0 Å². The van der Waals surface area contributed by atoms with Gasteiger partial charge in [0, 0.05) is 6.54 Å². The molecule has 4 nitrogen and oxygen atoms in total. The lowest BCUT2D eigenvalue weighted by Gasteiger charge is -2.30. The molecule has 0 radical (unpaired) electrons. The largest absolute Gasteiger partial charge is 0.370 e. The van der Waals surface area contributed by atoms with Gasteiger partial charge in [0.1, 0.15) is 0 Å². The van der Waals surface area contributed by atoms with Crippen molar-refractivity contribution >= 4 is 5.96 Å². The third-order valence-corrected chi connectivity index (χ3v) is 4.63. The quantitative estimate of drug-likeness (QED) is 0.440. The summed E-state index contributed by atoms with van der Waals surface area (Å²) in [5.41, 5.74) is 7.01. The maximum Gasteiger partial charge on any atom is 0.188 e. The summed E-state index contributed by atoms with van der Waals surface area (Å²) in [5, 5.41) is 7.84. The van der Waals surface area contributed by atoms with E-state index in [1.54, 1.807) is 0 Å². The Bertz CT molecular complexity index is 440. The molecule has 3 N–H and O–H groups in total. The van der Waals surface area contributed by atoms with Crippen LogP contribution in [0.15, 0.2) is 30.3 Å². The van der Waals surface area contributed by atoms with Gasteiger partial charge in [-0.2, -0.15) is 0 Å². The molecule has 0 amide bonds. The van der Waals surface area contributed by atoms with Gasteiger partial charge in [-0.3, -0.25) is 5.41 Å². The lowest BCUT2D eigenvalue weighted by molar-refractivity contribution is 0.303. The molecule has 1 fully saturated rings. The van der Waals surface area contributed by atoms with Crippen molar-refractivity contribution in [1.82, 2.24) is 9.80 Å². The summed E-state index contributed by atoms with van der Waals surface area (Å²) in [6.07, 6.45) is 6.30. The maximum atomic E-state index is 7.84. The zero-order valence-electron chi connectivity index (χ0n) is 13.8. The minimum Gasteiger partial charge on any atom is -0.370 e. The Morgan fingerprint density at radius 3 is 2.50 bits per heavy atom. The normalized spacial score (nSPS) is 16.6. The van der Waals surface area contributed by atoms with Crippen LogP contribution in [-0.2, 0) is 0 Å². The molecule has 4 heteroatoms. The smallest absolute Gasteiger partial charge is 0.188 e. The zero-order valence-corrected chi connectivity index (χ0v) is 13.8. The summed E-state index contributed by atoms with van der Waals surface area (Å²) in [5.74, 6) is 0.177. The first-order valence-electron chi connectivity index (χ1n) is 8.56. The summed E-state index contributed by atoms with van der Waals surface area (Å²) in [6, 6.07) is 10.5. The van der Waals surface area contributed by atoms with Crippen LogP contribution in [0.25, 0.3) is 0 Å². The number of unbranched alkanes of at least 4 members (excludes halogenated alkanes) is 2. The number of nitrogens with one attached hydrogen (secondary N) is 1. The lowest BCUT2D eigenvalue weighted by Crippen LogP contribution is -2.39. The molecular formula is C18H30N4. The predicted octanol–water partition coefficient (Wildman–Crippen LogP) is 3.21. The number of hydrogen-bond acceptors (Lipinski definition) is 2. The number of guanidine groups is 1. The van der Waals surface area contributed by atoms with E-state index in [-0.39, 0.29) is 12.0 Å². The molecular weight excluding hydrogens is 272 g/mol. The first kappa shape index (κ1) is 16.8. The molecule has 2 rings (SSSR count). The second-order valence-electron chi connectivity index (χ2n) is 6.27. The third-order valence-electron chi connectivity index (χ3n) is 4.63. The number of nitrogens with zero attached hydrogens (tertiary/aromatic N) is 2. The summed E-state index contributed by atoms with van der Waals surface area (Å²) in [6.45, 7) is 6.79. The van der Waals surface area contributed by atoms with Crippen molar-refractivity contribution in [3.05, 3.63) is 35.9 Å². The fraction of sp³-hybridized carbons (Fsp3) is 0.611. The molecule has 0 saturated carbocycles. The Hall–Kier alpha value is -1.55. The first-order chi connectivity index (χ1) is 10.7. The minimum absolute atomic E-state index is 0.164. The van der Waals surface area contributed by atoms with Crippen molar-refractivity contribution in [2.75, 3.05) is 26.2 Å². The van der Waals surface area contributed by atoms with Gasteiger partial charge in [-0.05, 0) is 57.8 Å². The van der Waals surface area contributed by atoms with Gasteiger partial charge in [0.2, 0.25) is 0 Å². The number of likely N-dealkylation sites (tertiary alicyclic amines) is 1. The molecule has 0 aliphatic carbocycles. The highest BCUT2D eigenvalue weighted by Gasteiger charge is 2.16. The molecule has 1 aromatic carbocycles. The number of rotatable bonds is 8. The van der Waals surface area contributed by atoms with Crippen LogP contribution in [0.3, 0.4) is 0 Å². The minimum atomic E-state index is 0.164. The van der Waals surface area contributed by atoms with Crippen molar-refractivity contribution in [2.45, 2.75) is 45.1 Å². The van der Waals surface area contributed by atoms with Gasteiger partial charge in [0.25, 0.3) is 0 Å². The number of benzene rings is 1. The summed E-state index contributed by atoms with van der Waals surface area (Å²) >= 11 is 0. The van der Waals surface area contributed by atoms with Gasteiger partial charge < -0.3 is 15.5 Å². The van der Waals surface area contributed by atoms with Gasteiger partial charge in [-0.15, -0.1) is 0 Å². The van der Waals surface area contributed by atoms with Gasteiger partial charge in [-0.1, -0.05) is 36.8 Å². The first-order valence-corrected chi connectivity index (χ1v) is 8.56. The highest BCUT2D eigenvalue weighted by molar-refractivity contribution is 5.75. The van der Waals surface area contributed by atoms with Gasteiger partial charge >= 0.3 is 0 Å². The monoisotopic (exact) mass is 302 g/mol. The zero-order chi connectivity index (χ0) is 15.8. The number of nitrogens with two attached hydrogens (primary N) is 1. The Morgan fingerprint density at radius 2 is 1.86 bits per heavy atom. The molecule has 1 aliphatic heterocycles. The van der Waals surface area contributed by atoms with Crippen molar-refractivity contribution in [3.8, 4) is 0 Å². The van der Waals surface area contributed by atoms with E-state index in [4.69, 9.17) is 11.1 Å². The van der Waals surface area contributed by atoms with Crippen molar-refractivity contribution < 1.29 is 0 Å². The van der Waals surface area contributed by atoms with E-state index in [2.05, 4.69) is 24.0 Å². The summed E-state index contributed by atoms with van der Waals surface area (Å²) in [4.78, 5) is 4.57. The van der Waals surface area contributed by atoms with Crippen molar-refractivity contribution in [3.63, 3.8) is 0 Å². The van der Waals surface area contributed by atoms with Crippen LogP contribution in [-0.4, -0.2) is 41.9 Å². The fourth-order valence-corrected chi connectivity index (χ4v) is 3.23. The SMILES string of the molecule is CC(c1ccccc1)N(CCCCCN1CCCC1)C(=N)N. The fourth-order valence-electron chi connectivity index (χ4n) is 3.23. The van der Waals surface area contributed by atoms with E-state index in [1.165, 1.54) is 50.9 Å². The Kier molecular flexibility index (Phi) is 6.72. The molecule has 1 unspecified atom stereocenters. The molecule has 1 atom stereocenters. The molecule has 1 aliphatic rings. The molecule has 0 spiro atoms. The average Bonchev–Trinajstić information content (AvgIpc) is 3.04. The molecule has 0 bridgehead atoms. The van der Waals surface area contributed by atoms with E-state index < -0.39 is 0 Å². The average molecular weight is 302 g/mol. The van der Waals surface area contributed by atoms with Crippen LogP contribution in [0.1, 0.15) is 50.6 Å². The van der Waals surface area contributed by atoms with E-state index >= 15 is 0 Å². The second-order valence-corrected chi connectivity index (χ2v) is 6.27. The lowest BCUT2D eigenvalue weighted by atomic mass is 10.1. The van der Waals surface area contributed by atoms with E-state index in [0.717, 1.165) is 13.0 Å². The molecule has 22 heavy (non-hydrogen) atoms. The third kappa shape index (κ3) is 5.02. The van der Waals surface area contributed by atoms with Gasteiger partial charge in [0.05, 0.1) is 6.04 Å². The topological polar surface area (TPSA) is 56.4 Å². The summed E-state index contributed by atoms with van der Waals surface area (Å²) in [7, 11) is 0. The van der Waals surface area contributed by atoms with E-state index in [9.17, 15) is 0 Å². The van der Waals surface area contributed by atoms with E-state index in [1.807, 2.05) is 23.1 Å². The molecule has 0 aromatic heterocycles. The number of hydrogen-bond donors (Lipinski definition) is 2. The second kappa shape index (κ2) is 8.79. The van der Waals surface area contributed by atoms with Gasteiger partial charge in [-0.25, -0.2) is 0 Å². The standard InChI is InChI=1S/C18H30N4/c1-16(17-10-4-2-5-11-17)22(18(19)20)15-7-3-6-12-21-13-8-9-14-21/h2,4-5,10-11,16H,3,6-9,12-15H2,1H3,(H3,19,20). The molecule has 1 aromatic rings. The van der Waals surface area contributed by atoms with E-state index in [0.29, 0.717) is 0 Å².